The van der Waals surface area contributed by atoms with E-state index in [4.69, 9.17) is 0 Å². The number of hydrogen-bond donors (Lipinski definition) is 0. The van der Waals surface area contributed by atoms with Gasteiger partial charge in [0.15, 0.2) is 5.17 Å². The van der Waals surface area contributed by atoms with Crippen LogP contribution in [0, 0.1) is 19.8 Å². The van der Waals surface area contributed by atoms with E-state index in [-0.39, 0.29) is 11.8 Å². The Labute approximate surface area is 124 Å². The van der Waals surface area contributed by atoms with E-state index in [0.29, 0.717) is 6.54 Å². The van der Waals surface area contributed by atoms with Gasteiger partial charge in [-0.25, -0.2) is 0 Å². The number of thioether (sulfide) groups is 1. The lowest BCUT2D eigenvalue weighted by Gasteiger charge is -2.21. The molecule has 0 spiro atoms. The zero-order valence-electron chi connectivity index (χ0n) is 12.8. The van der Waals surface area contributed by atoms with Gasteiger partial charge in [0.1, 0.15) is 0 Å². The van der Waals surface area contributed by atoms with E-state index in [1.165, 1.54) is 5.56 Å². The minimum atomic E-state index is -0.0490. The van der Waals surface area contributed by atoms with Gasteiger partial charge in [0.2, 0.25) is 5.91 Å². The lowest BCUT2D eigenvalue weighted by molar-refractivity contribution is -0.130. The molecule has 1 aromatic rings. The predicted molar refractivity (Wildman–Crippen MR) is 83.1 cm³/mol. The van der Waals surface area contributed by atoms with Crippen LogP contribution in [0.1, 0.15) is 23.9 Å². The molecule has 0 saturated carbocycles. The fourth-order valence-corrected chi connectivity index (χ4v) is 3.20. The van der Waals surface area contributed by atoms with Crippen LogP contribution < -0.4 is 0 Å². The summed E-state index contributed by atoms with van der Waals surface area (Å²) in [4.78, 5) is 18.7. The molecule has 0 bridgehead atoms. The number of rotatable bonds is 3. The number of aromatic nitrogens is 2. The average Bonchev–Trinajstić information content (AvgIpc) is 2.98. The highest BCUT2D eigenvalue weighted by Crippen LogP contribution is 2.21. The normalized spacial score (nSPS) is 16.4. The van der Waals surface area contributed by atoms with Crippen LogP contribution in [0.15, 0.2) is 4.99 Å². The summed E-state index contributed by atoms with van der Waals surface area (Å²) in [6.07, 6.45) is 2.70. The highest BCUT2D eigenvalue weighted by molar-refractivity contribution is 8.13. The van der Waals surface area contributed by atoms with Crippen LogP contribution in [0.2, 0.25) is 0 Å². The van der Waals surface area contributed by atoms with Crippen LogP contribution in [0.4, 0.5) is 0 Å². The molecule has 0 saturated heterocycles. The summed E-state index contributed by atoms with van der Waals surface area (Å²) in [6.45, 7) is 7.48. The first kappa shape index (κ1) is 15.1. The van der Waals surface area contributed by atoms with Gasteiger partial charge < -0.3 is 0 Å². The van der Waals surface area contributed by atoms with E-state index in [2.05, 4.69) is 17.0 Å². The molecule has 0 fully saturated rings. The molecule has 1 aromatic heterocycles. The van der Waals surface area contributed by atoms with E-state index in [9.17, 15) is 4.79 Å². The van der Waals surface area contributed by atoms with Crippen LogP contribution in [0.25, 0.3) is 0 Å². The number of aliphatic imine (C=N–C) groups is 1. The molecule has 20 heavy (non-hydrogen) atoms. The lowest BCUT2D eigenvalue weighted by Crippen LogP contribution is -2.37. The Balaban J connectivity index is 2.10. The summed E-state index contributed by atoms with van der Waals surface area (Å²) in [6, 6.07) is 0. The number of aryl methyl sites for hydroxylation is 2. The standard InChI is InChI=1S/C14H22N4OS/c1-9(8-12-10(2)16-17(4)11(12)3)13(19)18-7-6-15-14(18)20-5/h9H,6-8H2,1-5H3. The van der Waals surface area contributed by atoms with Gasteiger partial charge in [-0.2, -0.15) is 5.10 Å². The monoisotopic (exact) mass is 294 g/mol. The molecule has 0 aromatic carbocycles. The Morgan fingerprint density at radius 1 is 1.45 bits per heavy atom. The molecule has 1 amide bonds. The molecular formula is C14H22N4OS. The maximum absolute atomic E-state index is 12.6. The Kier molecular flexibility index (Phi) is 4.52. The van der Waals surface area contributed by atoms with Gasteiger partial charge in [0.25, 0.3) is 0 Å². The molecule has 1 atom stereocenters. The summed E-state index contributed by atoms with van der Waals surface area (Å²) in [5, 5.41) is 5.26. The van der Waals surface area contributed by atoms with Crippen molar-refractivity contribution in [3.8, 4) is 0 Å². The Hall–Kier alpha value is -1.30. The Morgan fingerprint density at radius 2 is 2.15 bits per heavy atom. The maximum Gasteiger partial charge on any atom is 0.231 e. The fourth-order valence-electron chi connectivity index (χ4n) is 2.58. The predicted octanol–water partition coefficient (Wildman–Crippen LogP) is 1.78. The first-order chi connectivity index (χ1) is 9.45. The summed E-state index contributed by atoms with van der Waals surface area (Å²) in [5.41, 5.74) is 3.35. The fraction of sp³-hybridized carbons (Fsp3) is 0.643. The molecule has 1 aliphatic rings. The molecule has 0 N–H and O–H groups in total. The van der Waals surface area contributed by atoms with Gasteiger partial charge in [-0.1, -0.05) is 18.7 Å². The lowest BCUT2D eigenvalue weighted by atomic mass is 9.98. The molecule has 110 valence electrons. The Morgan fingerprint density at radius 3 is 2.70 bits per heavy atom. The van der Waals surface area contributed by atoms with Crippen molar-refractivity contribution < 1.29 is 4.79 Å². The third kappa shape index (κ3) is 2.75. The van der Waals surface area contributed by atoms with Gasteiger partial charge in [-0.05, 0) is 32.1 Å². The van der Waals surface area contributed by atoms with E-state index in [0.717, 1.165) is 29.5 Å². The third-order valence-electron chi connectivity index (χ3n) is 3.84. The highest BCUT2D eigenvalue weighted by Gasteiger charge is 2.28. The summed E-state index contributed by atoms with van der Waals surface area (Å²) < 4.78 is 1.88. The van der Waals surface area contributed by atoms with Crippen molar-refractivity contribution in [1.82, 2.24) is 14.7 Å². The van der Waals surface area contributed by atoms with Crippen molar-refractivity contribution in [1.29, 1.82) is 0 Å². The number of carbonyl (C=O) groups excluding carboxylic acids is 1. The van der Waals surface area contributed by atoms with Crippen LogP contribution >= 0.6 is 11.8 Å². The van der Waals surface area contributed by atoms with E-state index in [1.54, 1.807) is 11.8 Å². The number of nitrogens with zero attached hydrogens (tertiary/aromatic N) is 4. The SMILES string of the molecule is CSC1=NCCN1C(=O)C(C)Cc1c(C)nn(C)c1C. The second-order valence-electron chi connectivity index (χ2n) is 5.24. The van der Waals surface area contributed by atoms with Crippen molar-refractivity contribution in [3.05, 3.63) is 17.0 Å². The molecular weight excluding hydrogens is 272 g/mol. The number of carbonyl (C=O) groups is 1. The molecule has 5 nitrogen and oxygen atoms in total. The van der Waals surface area contributed by atoms with Crippen molar-refractivity contribution in [2.24, 2.45) is 18.0 Å². The average molecular weight is 294 g/mol. The second kappa shape index (κ2) is 5.99. The first-order valence-electron chi connectivity index (χ1n) is 6.84. The second-order valence-corrected chi connectivity index (χ2v) is 6.01. The molecule has 2 heterocycles. The summed E-state index contributed by atoms with van der Waals surface area (Å²) in [7, 11) is 1.94. The molecule has 6 heteroatoms. The van der Waals surface area contributed by atoms with Gasteiger partial charge >= 0.3 is 0 Å². The zero-order chi connectivity index (χ0) is 14.9. The van der Waals surface area contributed by atoms with Crippen LogP contribution in [-0.2, 0) is 18.3 Å². The number of hydrogen-bond acceptors (Lipinski definition) is 4. The van der Waals surface area contributed by atoms with E-state index >= 15 is 0 Å². The van der Waals surface area contributed by atoms with Crippen LogP contribution in [-0.4, -0.2) is 45.1 Å². The number of amidine groups is 1. The summed E-state index contributed by atoms with van der Waals surface area (Å²) >= 11 is 1.54. The smallest absolute Gasteiger partial charge is 0.231 e. The van der Waals surface area contributed by atoms with Crippen molar-refractivity contribution in [2.45, 2.75) is 27.2 Å². The van der Waals surface area contributed by atoms with Crippen molar-refractivity contribution in [3.63, 3.8) is 0 Å². The van der Waals surface area contributed by atoms with Gasteiger partial charge in [-0.15, -0.1) is 0 Å². The topological polar surface area (TPSA) is 50.5 Å². The molecule has 0 aliphatic carbocycles. The van der Waals surface area contributed by atoms with Gasteiger partial charge in [-0.3, -0.25) is 19.4 Å². The quantitative estimate of drug-likeness (QED) is 0.854. The molecule has 2 rings (SSSR count). The minimum Gasteiger partial charge on any atom is -0.289 e. The van der Waals surface area contributed by atoms with Crippen LogP contribution in [0.3, 0.4) is 0 Å². The van der Waals surface area contributed by atoms with Crippen molar-refractivity contribution in [2.75, 3.05) is 19.3 Å². The van der Waals surface area contributed by atoms with Crippen LogP contribution in [0.5, 0.6) is 0 Å². The first-order valence-corrected chi connectivity index (χ1v) is 8.07. The van der Waals surface area contributed by atoms with Gasteiger partial charge in [0.05, 0.1) is 12.2 Å². The maximum atomic E-state index is 12.6. The zero-order valence-corrected chi connectivity index (χ0v) is 13.6. The largest absolute Gasteiger partial charge is 0.289 e. The third-order valence-corrected chi connectivity index (χ3v) is 4.56. The van der Waals surface area contributed by atoms with E-state index < -0.39 is 0 Å². The van der Waals surface area contributed by atoms with Gasteiger partial charge in [0, 0.05) is 25.2 Å². The number of amides is 1. The van der Waals surface area contributed by atoms with E-state index in [1.807, 2.05) is 36.7 Å². The molecule has 0 radical (unpaired) electrons. The Bertz CT molecular complexity index is 550. The van der Waals surface area contributed by atoms with Crippen molar-refractivity contribution >= 4 is 22.8 Å². The molecule has 1 unspecified atom stereocenters. The minimum absolute atomic E-state index is 0.0490. The summed E-state index contributed by atoms with van der Waals surface area (Å²) in [5.74, 6) is 0.116. The highest BCUT2D eigenvalue weighted by atomic mass is 32.2. The molecule has 1 aliphatic heterocycles.